The van der Waals surface area contributed by atoms with Crippen LogP contribution in [0.2, 0.25) is 0 Å². The lowest BCUT2D eigenvalue weighted by Gasteiger charge is -2.18. The van der Waals surface area contributed by atoms with Gasteiger partial charge >= 0.3 is 17.8 Å². The SMILES string of the molecule is CC(C)N1C(=O)C(=O)N(CC(=O)NCC(=O)Nc2ccc(F)cc2)C1=O. The molecule has 26 heavy (non-hydrogen) atoms. The normalized spacial score (nSPS) is 14.2. The first-order valence-corrected chi connectivity index (χ1v) is 7.72. The van der Waals surface area contributed by atoms with Crippen LogP contribution < -0.4 is 10.6 Å². The van der Waals surface area contributed by atoms with Crippen LogP contribution in [0.15, 0.2) is 24.3 Å². The summed E-state index contributed by atoms with van der Waals surface area (Å²) in [6.45, 7) is 2.03. The van der Waals surface area contributed by atoms with Crippen LogP contribution >= 0.6 is 0 Å². The molecule has 0 saturated carbocycles. The lowest BCUT2D eigenvalue weighted by atomic mass is 10.3. The second kappa shape index (κ2) is 7.72. The van der Waals surface area contributed by atoms with E-state index in [4.69, 9.17) is 0 Å². The number of carbonyl (C=O) groups excluding carboxylic acids is 5. The minimum Gasteiger partial charge on any atom is -0.345 e. The van der Waals surface area contributed by atoms with Gasteiger partial charge in [-0.15, -0.1) is 0 Å². The van der Waals surface area contributed by atoms with E-state index >= 15 is 0 Å². The third-order valence-electron chi connectivity index (χ3n) is 3.48. The van der Waals surface area contributed by atoms with Gasteiger partial charge in [-0.1, -0.05) is 0 Å². The van der Waals surface area contributed by atoms with E-state index in [1.165, 1.54) is 12.1 Å². The molecular weight excluding hydrogens is 347 g/mol. The Morgan fingerprint density at radius 2 is 1.65 bits per heavy atom. The number of rotatable bonds is 6. The first-order valence-electron chi connectivity index (χ1n) is 7.72. The maximum atomic E-state index is 12.8. The van der Waals surface area contributed by atoms with Crippen molar-refractivity contribution >= 4 is 35.3 Å². The lowest BCUT2D eigenvalue weighted by Crippen LogP contribution is -2.44. The average molecular weight is 364 g/mol. The highest BCUT2D eigenvalue weighted by atomic mass is 19.1. The van der Waals surface area contributed by atoms with Crippen LogP contribution in [0.1, 0.15) is 13.8 Å². The Labute approximate surface area is 148 Å². The highest BCUT2D eigenvalue weighted by molar-refractivity contribution is 6.45. The molecule has 0 spiro atoms. The highest BCUT2D eigenvalue weighted by Gasteiger charge is 2.46. The topological polar surface area (TPSA) is 116 Å². The average Bonchev–Trinajstić information content (AvgIpc) is 2.78. The number of anilines is 1. The van der Waals surface area contributed by atoms with Crippen LogP contribution in [-0.2, 0) is 19.2 Å². The van der Waals surface area contributed by atoms with E-state index in [0.29, 0.717) is 10.6 Å². The van der Waals surface area contributed by atoms with Gasteiger partial charge in [0.15, 0.2) is 0 Å². The maximum absolute atomic E-state index is 12.8. The van der Waals surface area contributed by atoms with Gasteiger partial charge < -0.3 is 10.6 Å². The Hall–Kier alpha value is -3.30. The third kappa shape index (κ3) is 4.21. The molecule has 1 aromatic carbocycles. The molecule has 9 nitrogen and oxygen atoms in total. The van der Waals surface area contributed by atoms with E-state index in [1.807, 2.05) is 0 Å². The highest BCUT2D eigenvalue weighted by Crippen LogP contribution is 2.14. The zero-order chi connectivity index (χ0) is 19.4. The van der Waals surface area contributed by atoms with Crippen LogP contribution in [0.3, 0.4) is 0 Å². The molecule has 2 rings (SSSR count). The molecule has 10 heteroatoms. The molecule has 1 aromatic rings. The van der Waals surface area contributed by atoms with Gasteiger partial charge in [-0.25, -0.2) is 14.1 Å². The predicted molar refractivity (Wildman–Crippen MR) is 87.1 cm³/mol. The first kappa shape index (κ1) is 19.0. The molecule has 0 unspecified atom stereocenters. The number of nitrogens with one attached hydrogen (secondary N) is 2. The van der Waals surface area contributed by atoms with Gasteiger partial charge in [0, 0.05) is 11.7 Å². The van der Waals surface area contributed by atoms with Crippen molar-refractivity contribution in [1.82, 2.24) is 15.1 Å². The molecule has 0 aromatic heterocycles. The van der Waals surface area contributed by atoms with Crippen molar-refractivity contribution in [3.63, 3.8) is 0 Å². The number of imide groups is 2. The van der Waals surface area contributed by atoms with Crippen molar-refractivity contribution in [3.8, 4) is 0 Å². The number of hydrogen-bond donors (Lipinski definition) is 2. The molecule has 1 heterocycles. The first-order chi connectivity index (χ1) is 12.2. The Balaban J connectivity index is 1.86. The molecule has 1 fully saturated rings. The molecule has 0 aliphatic carbocycles. The van der Waals surface area contributed by atoms with Crippen molar-refractivity contribution in [1.29, 1.82) is 0 Å². The van der Waals surface area contributed by atoms with Crippen molar-refractivity contribution in [2.45, 2.75) is 19.9 Å². The molecular formula is C16H17FN4O5. The monoisotopic (exact) mass is 364 g/mol. The van der Waals surface area contributed by atoms with Gasteiger partial charge in [-0.3, -0.25) is 24.1 Å². The Kier molecular flexibility index (Phi) is 5.65. The van der Waals surface area contributed by atoms with Crippen LogP contribution in [0.25, 0.3) is 0 Å². The fourth-order valence-corrected chi connectivity index (χ4v) is 2.23. The van der Waals surface area contributed by atoms with Crippen molar-refractivity contribution in [2.24, 2.45) is 0 Å². The molecule has 1 saturated heterocycles. The predicted octanol–water partition coefficient (Wildman–Crippen LogP) is 0.0796. The minimum absolute atomic E-state index is 0.341. The van der Waals surface area contributed by atoms with Crippen LogP contribution in [0.5, 0.6) is 0 Å². The Bertz CT molecular complexity index is 762. The molecule has 0 radical (unpaired) electrons. The summed E-state index contributed by atoms with van der Waals surface area (Å²) in [6.07, 6.45) is 0. The molecule has 0 bridgehead atoms. The van der Waals surface area contributed by atoms with Gasteiger partial charge in [-0.05, 0) is 38.1 Å². The standard InChI is InChI=1S/C16H17FN4O5/c1-9(2)21-15(25)14(24)20(16(21)26)8-13(23)18-7-12(22)19-11-5-3-10(17)4-6-11/h3-6,9H,7-8H2,1-2H3,(H,18,23)(H,19,22). The van der Waals surface area contributed by atoms with Crippen molar-refractivity contribution in [3.05, 3.63) is 30.1 Å². The number of urea groups is 1. The minimum atomic E-state index is -1.09. The summed E-state index contributed by atoms with van der Waals surface area (Å²) in [5, 5.41) is 4.67. The quantitative estimate of drug-likeness (QED) is 0.548. The second-order valence-corrected chi connectivity index (χ2v) is 5.77. The summed E-state index contributed by atoms with van der Waals surface area (Å²) in [6, 6.07) is 3.63. The fourth-order valence-electron chi connectivity index (χ4n) is 2.23. The molecule has 0 atom stereocenters. The van der Waals surface area contributed by atoms with E-state index in [2.05, 4.69) is 10.6 Å². The summed E-state index contributed by atoms with van der Waals surface area (Å²) >= 11 is 0. The number of carbonyl (C=O) groups is 5. The van der Waals surface area contributed by atoms with E-state index < -0.39 is 54.6 Å². The van der Waals surface area contributed by atoms with E-state index in [9.17, 15) is 28.4 Å². The lowest BCUT2D eigenvalue weighted by molar-refractivity contribution is -0.144. The van der Waals surface area contributed by atoms with E-state index in [1.54, 1.807) is 13.8 Å². The van der Waals surface area contributed by atoms with Gasteiger partial charge in [0.1, 0.15) is 12.4 Å². The van der Waals surface area contributed by atoms with Gasteiger partial charge in [-0.2, -0.15) is 0 Å². The zero-order valence-electron chi connectivity index (χ0n) is 14.1. The van der Waals surface area contributed by atoms with Gasteiger partial charge in [0.05, 0.1) is 6.54 Å². The number of amides is 6. The number of halogens is 1. The Morgan fingerprint density at radius 1 is 1.04 bits per heavy atom. The summed E-state index contributed by atoms with van der Waals surface area (Å²) in [7, 11) is 0. The fraction of sp³-hybridized carbons (Fsp3) is 0.312. The van der Waals surface area contributed by atoms with E-state index in [0.717, 1.165) is 17.0 Å². The molecule has 138 valence electrons. The van der Waals surface area contributed by atoms with Crippen LogP contribution in [-0.4, -0.2) is 58.6 Å². The number of benzene rings is 1. The van der Waals surface area contributed by atoms with Crippen LogP contribution in [0, 0.1) is 5.82 Å². The Morgan fingerprint density at radius 3 is 2.19 bits per heavy atom. The summed E-state index contributed by atoms with van der Waals surface area (Å²) in [5.41, 5.74) is 0.341. The number of hydrogen-bond acceptors (Lipinski definition) is 5. The molecule has 1 aliphatic rings. The van der Waals surface area contributed by atoms with E-state index in [-0.39, 0.29) is 0 Å². The maximum Gasteiger partial charge on any atom is 0.334 e. The molecule has 6 amide bonds. The molecule has 1 aliphatic heterocycles. The van der Waals surface area contributed by atoms with Gasteiger partial charge in [0.25, 0.3) is 0 Å². The second-order valence-electron chi connectivity index (χ2n) is 5.77. The van der Waals surface area contributed by atoms with Gasteiger partial charge in [0.2, 0.25) is 11.8 Å². The smallest absolute Gasteiger partial charge is 0.334 e. The van der Waals surface area contributed by atoms with Crippen molar-refractivity contribution in [2.75, 3.05) is 18.4 Å². The summed E-state index contributed by atoms with van der Waals surface area (Å²) in [5.74, 6) is -3.90. The zero-order valence-corrected chi connectivity index (χ0v) is 14.1. The van der Waals surface area contributed by atoms with Crippen molar-refractivity contribution < 1.29 is 28.4 Å². The number of nitrogens with zero attached hydrogens (tertiary/aromatic N) is 2. The summed E-state index contributed by atoms with van der Waals surface area (Å²) < 4.78 is 12.8. The molecule has 2 N–H and O–H groups in total. The summed E-state index contributed by atoms with van der Waals surface area (Å²) in [4.78, 5) is 60.4. The van der Waals surface area contributed by atoms with Crippen LogP contribution in [0.4, 0.5) is 14.9 Å². The third-order valence-corrected chi connectivity index (χ3v) is 3.48. The largest absolute Gasteiger partial charge is 0.345 e.